The van der Waals surface area contributed by atoms with Crippen LogP contribution in [0, 0.1) is 0 Å². The summed E-state index contributed by atoms with van der Waals surface area (Å²) >= 11 is 3.36. The average molecular weight is 437 g/mol. The molecule has 0 bridgehead atoms. The molecule has 1 unspecified atom stereocenters. The number of hydrogen-bond acceptors (Lipinski definition) is 4. The summed E-state index contributed by atoms with van der Waals surface area (Å²) in [6, 6.07) is 7.43. The Kier molecular flexibility index (Phi) is 7.13. The Morgan fingerprint density at radius 3 is 2.62 bits per heavy atom. The van der Waals surface area contributed by atoms with Gasteiger partial charge in [-0.1, -0.05) is 26.8 Å². The topological polar surface area (TPSA) is 55.2 Å². The third kappa shape index (κ3) is 5.46. The van der Waals surface area contributed by atoms with Crippen molar-refractivity contribution in [3.8, 4) is 0 Å². The van der Waals surface area contributed by atoms with Crippen molar-refractivity contribution in [2.24, 2.45) is 0 Å². The SMILES string of the molecule is CC(C)(C)[Si](C)(C)OCCCc1cnccc1C(O)c1cccc(Br)n1. The van der Waals surface area contributed by atoms with Gasteiger partial charge in [-0.15, -0.1) is 0 Å². The average Bonchev–Trinajstić information content (AvgIpc) is 2.57. The Bertz CT molecular complexity index is 732. The van der Waals surface area contributed by atoms with Crippen LogP contribution in [0.15, 0.2) is 41.3 Å². The molecule has 0 fully saturated rings. The normalized spacial score (nSPS) is 13.7. The van der Waals surface area contributed by atoms with E-state index in [9.17, 15) is 5.11 Å². The zero-order valence-corrected chi connectivity index (χ0v) is 18.9. The predicted octanol–water partition coefficient (Wildman–Crippen LogP) is 5.28. The van der Waals surface area contributed by atoms with Crippen LogP contribution in [-0.2, 0) is 10.8 Å². The molecule has 6 heteroatoms. The molecule has 0 saturated carbocycles. The molecule has 2 aromatic heterocycles. The largest absolute Gasteiger partial charge is 0.417 e. The summed E-state index contributed by atoms with van der Waals surface area (Å²) in [5.41, 5.74) is 2.53. The fourth-order valence-electron chi connectivity index (χ4n) is 2.46. The van der Waals surface area contributed by atoms with Gasteiger partial charge >= 0.3 is 0 Å². The number of pyridine rings is 2. The molecule has 0 aliphatic carbocycles. The molecule has 26 heavy (non-hydrogen) atoms. The number of rotatable bonds is 7. The van der Waals surface area contributed by atoms with Crippen molar-refractivity contribution in [1.29, 1.82) is 0 Å². The first kappa shape index (κ1) is 21.2. The molecule has 0 saturated heterocycles. The first-order chi connectivity index (χ1) is 12.1. The van der Waals surface area contributed by atoms with Gasteiger partial charge in [-0.2, -0.15) is 0 Å². The monoisotopic (exact) mass is 436 g/mol. The molecule has 1 atom stereocenters. The minimum absolute atomic E-state index is 0.217. The zero-order chi connectivity index (χ0) is 19.4. The van der Waals surface area contributed by atoms with E-state index in [1.807, 2.05) is 30.5 Å². The lowest BCUT2D eigenvalue weighted by Crippen LogP contribution is -2.41. The highest BCUT2D eigenvalue weighted by Crippen LogP contribution is 2.36. The van der Waals surface area contributed by atoms with Crippen molar-refractivity contribution in [3.05, 3.63) is 58.1 Å². The highest BCUT2D eigenvalue weighted by Gasteiger charge is 2.36. The Morgan fingerprint density at radius 1 is 1.23 bits per heavy atom. The molecule has 0 amide bonds. The first-order valence-electron chi connectivity index (χ1n) is 8.99. The van der Waals surface area contributed by atoms with Crippen LogP contribution >= 0.6 is 15.9 Å². The van der Waals surface area contributed by atoms with E-state index in [1.165, 1.54) is 0 Å². The maximum atomic E-state index is 10.8. The summed E-state index contributed by atoms with van der Waals surface area (Å²) in [6.07, 6.45) is 4.52. The minimum Gasteiger partial charge on any atom is -0.417 e. The van der Waals surface area contributed by atoms with Gasteiger partial charge in [0.05, 0.1) is 5.69 Å². The summed E-state index contributed by atoms with van der Waals surface area (Å²) in [5, 5.41) is 11.0. The Morgan fingerprint density at radius 2 is 1.96 bits per heavy atom. The van der Waals surface area contributed by atoms with E-state index in [0.29, 0.717) is 10.3 Å². The van der Waals surface area contributed by atoms with Crippen LogP contribution in [0.5, 0.6) is 0 Å². The molecule has 4 nitrogen and oxygen atoms in total. The third-order valence-corrected chi connectivity index (χ3v) is 10.1. The molecule has 1 N–H and O–H groups in total. The summed E-state index contributed by atoms with van der Waals surface area (Å²) < 4.78 is 6.97. The smallest absolute Gasteiger partial charge is 0.191 e. The maximum Gasteiger partial charge on any atom is 0.191 e. The number of hydrogen-bond donors (Lipinski definition) is 1. The lowest BCUT2D eigenvalue weighted by Gasteiger charge is -2.36. The fraction of sp³-hybridized carbons (Fsp3) is 0.500. The van der Waals surface area contributed by atoms with Crippen molar-refractivity contribution in [2.45, 2.75) is 57.8 Å². The van der Waals surface area contributed by atoms with Crippen molar-refractivity contribution in [1.82, 2.24) is 9.97 Å². The van der Waals surface area contributed by atoms with Gasteiger partial charge in [-0.05, 0) is 76.2 Å². The van der Waals surface area contributed by atoms with Gasteiger partial charge in [-0.25, -0.2) is 4.98 Å². The van der Waals surface area contributed by atoms with Crippen molar-refractivity contribution in [3.63, 3.8) is 0 Å². The predicted molar refractivity (Wildman–Crippen MR) is 112 cm³/mol. The highest BCUT2D eigenvalue weighted by molar-refractivity contribution is 9.10. The van der Waals surface area contributed by atoms with E-state index in [2.05, 4.69) is 59.8 Å². The molecule has 2 heterocycles. The second-order valence-electron chi connectivity index (χ2n) is 8.07. The van der Waals surface area contributed by atoms with E-state index >= 15 is 0 Å². The molecule has 2 rings (SSSR count). The number of nitrogens with zero attached hydrogens (tertiary/aromatic N) is 2. The van der Waals surface area contributed by atoms with Crippen LogP contribution in [0.4, 0.5) is 0 Å². The number of aryl methyl sites for hydroxylation is 1. The van der Waals surface area contributed by atoms with Crippen molar-refractivity contribution < 1.29 is 9.53 Å². The number of aliphatic hydroxyl groups excluding tert-OH is 1. The zero-order valence-electron chi connectivity index (χ0n) is 16.3. The molecule has 0 aromatic carbocycles. The van der Waals surface area contributed by atoms with Crippen LogP contribution in [0.1, 0.15) is 50.1 Å². The van der Waals surface area contributed by atoms with Crippen molar-refractivity contribution in [2.75, 3.05) is 6.61 Å². The second-order valence-corrected chi connectivity index (χ2v) is 13.7. The van der Waals surface area contributed by atoms with Gasteiger partial charge in [0.1, 0.15) is 10.7 Å². The Hall–Kier alpha value is -1.08. The Balaban J connectivity index is 2.03. The third-order valence-electron chi connectivity index (χ3n) is 5.11. The van der Waals surface area contributed by atoms with E-state index < -0.39 is 14.4 Å². The second kappa shape index (κ2) is 8.74. The number of aliphatic hydroxyl groups is 1. The van der Waals surface area contributed by atoms with Gasteiger partial charge in [0.25, 0.3) is 0 Å². The lowest BCUT2D eigenvalue weighted by atomic mass is 9.99. The van der Waals surface area contributed by atoms with Gasteiger partial charge in [0.15, 0.2) is 8.32 Å². The van der Waals surface area contributed by atoms with Crippen LogP contribution in [0.3, 0.4) is 0 Å². The van der Waals surface area contributed by atoms with Crippen LogP contribution in [0.2, 0.25) is 18.1 Å². The standard InChI is InChI=1S/C20H29BrN2O2Si/c1-20(2,3)26(4,5)25-13-7-8-15-14-22-12-11-16(15)19(24)17-9-6-10-18(21)23-17/h6,9-12,14,19,24H,7-8,13H2,1-5H3. The highest BCUT2D eigenvalue weighted by atomic mass is 79.9. The van der Waals surface area contributed by atoms with Crippen LogP contribution in [0.25, 0.3) is 0 Å². The van der Waals surface area contributed by atoms with Gasteiger partial charge < -0.3 is 9.53 Å². The minimum atomic E-state index is -1.72. The van der Waals surface area contributed by atoms with Crippen LogP contribution < -0.4 is 0 Å². The molecule has 2 aromatic rings. The number of aromatic nitrogens is 2. The van der Waals surface area contributed by atoms with E-state index in [-0.39, 0.29) is 5.04 Å². The van der Waals surface area contributed by atoms with E-state index in [1.54, 1.807) is 6.20 Å². The molecule has 0 aliphatic heterocycles. The first-order valence-corrected chi connectivity index (χ1v) is 12.7. The Labute approximate surface area is 166 Å². The maximum absolute atomic E-state index is 10.8. The van der Waals surface area contributed by atoms with E-state index in [0.717, 1.165) is 30.6 Å². The molecular weight excluding hydrogens is 408 g/mol. The molecule has 0 radical (unpaired) electrons. The number of halogens is 1. The van der Waals surface area contributed by atoms with E-state index in [4.69, 9.17) is 4.43 Å². The molecular formula is C20H29BrN2O2Si. The summed E-state index contributed by atoms with van der Waals surface area (Å²) in [7, 11) is -1.72. The van der Waals surface area contributed by atoms with Gasteiger partial charge in [0.2, 0.25) is 0 Å². The van der Waals surface area contributed by atoms with Crippen LogP contribution in [-0.4, -0.2) is 30.0 Å². The summed E-state index contributed by atoms with van der Waals surface area (Å²) in [6.45, 7) is 12.0. The van der Waals surface area contributed by atoms with Gasteiger partial charge in [-0.3, -0.25) is 4.98 Å². The summed E-state index contributed by atoms with van der Waals surface area (Å²) in [4.78, 5) is 8.61. The molecule has 0 aliphatic rings. The van der Waals surface area contributed by atoms with Gasteiger partial charge in [0, 0.05) is 19.0 Å². The van der Waals surface area contributed by atoms with Crippen molar-refractivity contribution >= 4 is 24.2 Å². The lowest BCUT2D eigenvalue weighted by molar-refractivity contribution is 0.213. The summed E-state index contributed by atoms with van der Waals surface area (Å²) in [5.74, 6) is 0. The quantitative estimate of drug-likeness (QED) is 0.364. The molecule has 0 spiro atoms. The molecule has 142 valence electrons. The fourth-order valence-corrected chi connectivity index (χ4v) is 3.90.